The van der Waals surface area contributed by atoms with Crippen LogP contribution in [0.2, 0.25) is 5.02 Å². The van der Waals surface area contributed by atoms with E-state index in [1.807, 2.05) is 0 Å². The Balaban J connectivity index is 2.50. The number of alkyl halides is 3. The first-order valence-electron chi connectivity index (χ1n) is 4.38. The molecule has 1 aromatic heterocycles. The highest BCUT2D eigenvalue weighted by molar-refractivity contribution is 6.31. The lowest BCUT2D eigenvalue weighted by molar-refractivity contribution is -0.174. The van der Waals surface area contributed by atoms with Crippen molar-refractivity contribution in [2.24, 2.45) is 12.8 Å². The van der Waals surface area contributed by atoms with Crippen LogP contribution in [0.4, 0.5) is 13.2 Å². The minimum absolute atomic E-state index is 0.265. The predicted octanol–water partition coefficient (Wildman–Crippen LogP) is 1.65. The van der Waals surface area contributed by atoms with Gasteiger partial charge in [-0.1, -0.05) is 11.6 Å². The summed E-state index contributed by atoms with van der Waals surface area (Å²) in [7, 11) is 1.60. The van der Waals surface area contributed by atoms with Gasteiger partial charge in [0.25, 0.3) is 0 Å². The average Bonchev–Trinajstić information content (AvgIpc) is 2.43. The van der Waals surface area contributed by atoms with Gasteiger partial charge in [-0.3, -0.25) is 4.68 Å². The van der Waals surface area contributed by atoms with Crippen molar-refractivity contribution < 1.29 is 17.9 Å². The zero-order valence-electron chi connectivity index (χ0n) is 8.46. The molecule has 0 amide bonds. The summed E-state index contributed by atoms with van der Waals surface area (Å²) < 4.78 is 41.2. The molecule has 16 heavy (non-hydrogen) atoms. The Labute approximate surface area is 95.1 Å². The Morgan fingerprint density at radius 2 is 2.25 bits per heavy atom. The summed E-state index contributed by atoms with van der Waals surface area (Å²) in [6.45, 7) is -1.59. The van der Waals surface area contributed by atoms with Crippen molar-refractivity contribution in [3.8, 4) is 0 Å². The largest absolute Gasteiger partial charge is 0.411 e. The minimum Gasteiger partial charge on any atom is -0.370 e. The van der Waals surface area contributed by atoms with Gasteiger partial charge in [0.1, 0.15) is 6.61 Å². The van der Waals surface area contributed by atoms with E-state index in [1.54, 1.807) is 7.05 Å². The van der Waals surface area contributed by atoms with E-state index in [-0.39, 0.29) is 6.61 Å². The molecule has 0 fully saturated rings. The van der Waals surface area contributed by atoms with Crippen molar-refractivity contribution >= 4 is 11.6 Å². The number of halogens is 4. The molecule has 1 aromatic rings. The Kier molecular flexibility index (Phi) is 4.17. The minimum atomic E-state index is -4.35. The highest BCUT2D eigenvalue weighted by atomic mass is 35.5. The molecule has 8 heteroatoms. The lowest BCUT2D eigenvalue weighted by Gasteiger charge is -2.14. The third-order valence-electron chi connectivity index (χ3n) is 1.85. The average molecular weight is 258 g/mol. The van der Waals surface area contributed by atoms with E-state index in [2.05, 4.69) is 9.84 Å². The van der Waals surface area contributed by atoms with Crippen LogP contribution in [-0.4, -0.2) is 29.2 Å². The van der Waals surface area contributed by atoms with Crippen molar-refractivity contribution in [2.45, 2.75) is 12.2 Å². The number of hydrogen-bond acceptors (Lipinski definition) is 3. The van der Waals surface area contributed by atoms with E-state index < -0.39 is 18.8 Å². The van der Waals surface area contributed by atoms with Gasteiger partial charge in [0.2, 0.25) is 0 Å². The Morgan fingerprint density at radius 1 is 1.62 bits per heavy atom. The number of hydrogen-bond donors (Lipinski definition) is 1. The highest BCUT2D eigenvalue weighted by Gasteiger charge is 2.28. The molecule has 0 saturated carbocycles. The van der Waals surface area contributed by atoms with Gasteiger partial charge < -0.3 is 10.5 Å². The lowest BCUT2D eigenvalue weighted by Crippen LogP contribution is -2.24. The summed E-state index contributed by atoms with van der Waals surface area (Å²) in [5.41, 5.74) is 6.08. The summed E-state index contributed by atoms with van der Waals surface area (Å²) in [6, 6.07) is -0.734. The first kappa shape index (κ1) is 13.3. The Morgan fingerprint density at radius 3 is 2.69 bits per heavy atom. The molecule has 0 aliphatic rings. The molecule has 1 heterocycles. The van der Waals surface area contributed by atoms with E-state index in [4.69, 9.17) is 17.3 Å². The quantitative estimate of drug-likeness (QED) is 0.892. The van der Waals surface area contributed by atoms with E-state index in [1.165, 1.54) is 10.9 Å². The monoisotopic (exact) mass is 257 g/mol. The molecule has 0 radical (unpaired) electrons. The maximum Gasteiger partial charge on any atom is 0.411 e. The van der Waals surface area contributed by atoms with Gasteiger partial charge in [-0.25, -0.2) is 0 Å². The van der Waals surface area contributed by atoms with Gasteiger partial charge in [-0.2, -0.15) is 18.3 Å². The molecule has 0 spiro atoms. The summed E-state index contributed by atoms with van der Waals surface area (Å²) in [5.74, 6) is 0. The SMILES string of the molecule is Cn1ncc(Cl)c1C(N)COCC(F)(F)F. The second-order valence-electron chi connectivity index (χ2n) is 3.24. The van der Waals surface area contributed by atoms with Crippen LogP contribution in [0, 0.1) is 0 Å². The number of nitrogens with zero attached hydrogens (tertiary/aromatic N) is 2. The van der Waals surface area contributed by atoms with E-state index in [9.17, 15) is 13.2 Å². The molecule has 1 atom stereocenters. The topological polar surface area (TPSA) is 53.1 Å². The molecule has 0 bridgehead atoms. The van der Waals surface area contributed by atoms with Crippen LogP contribution < -0.4 is 5.73 Å². The van der Waals surface area contributed by atoms with Crippen LogP contribution in [0.15, 0.2) is 6.20 Å². The van der Waals surface area contributed by atoms with Gasteiger partial charge in [0.15, 0.2) is 0 Å². The fourth-order valence-electron chi connectivity index (χ4n) is 1.22. The third-order valence-corrected chi connectivity index (χ3v) is 2.14. The normalized spacial score (nSPS) is 14.1. The van der Waals surface area contributed by atoms with Crippen LogP contribution in [0.25, 0.3) is 0 Å². The lowest BCUT2D eigenvalue weighted by atomic mass is 10.2. The standard InChI is InChI=1S/C8H11ClF3N3O/c1-15-7(5(9)2-14-15)6(13)3-16-4-8(10,11)12/h2,6H,3-4,13H2,1H3. The molecule has 2 N–H and O–H groups in total. The van der Waals surface area contributed by atoms with E-state index in [0.29, 0.717) is 10.7 Å². The van der Waals surface area contributed by atoms with Gasteiger partial charge in [0.05, 0.1) is 29.6 Å². The molecule has 0 saturated heterocycles. The van der Waals surface area contributed by atoms with Gasteiger partial charge >= 0.3 is 6.18 Å². The predicted molar refractivity (Wildman–Crippen MR) is 52.0 cm³/mol. The third kappa shape index (κ3) is 3.66. The van der Waals surface area contributed by atoms with Crippen LogP contribution in [0.5, 0.6) is 0 Å². The number of aryl methyl sites for hydroxylation is 1. The summed E-state index contributed by atoms with van der Waals surface area (Å²) >= 11 is 5.77. The van der Waals surface area contributed by atoms with Crippen LogP contribution >= 0.6 is 11.6 Å². The number of aromatic nitrogens is 2. The summed E-state index contributed by atoms with van der Waals surface area (Å²) in [6.07, 6.45) is -2.98. The van der Waals surface area contributed by atoms with Gasteiger partial charge in [-0.15, -0.1) is 0 Å². The van der Waals surface area contributed by atoms with E-state index in [0.717, 1.165) is 0 Å². The smallest absolute Gasteiger partial charge is 0.370 e. The zero-order valence-corrected chi connectivity index (χ0v) is 9.22. The van der Waals surface area contributed by atoms with Crippen molar-refractivity contribution in [2.75, 3.05) is 13.2 Å². The number of ether oxygens (including phenoxy) is 1. The van der Waals surface area contributed by atoms with Crippen molar-refractivity contribution in [1.29, 1.82) is 0 Å². The van der Waals surface area contributed by atoms with E-state index >= 15 is 0 Å². The summed E-state index contributed by atoms with van der Waals surface area (Å²) in [4.78, 5) is 0. The number of nitrogens with two attached hydrogens (primary N) is 1. The molecule has 92 valence electrons. The molecule has 4 nitrogen and oxygen atoms in total. The van der Waals surface area contributed by atoms with Crippen LogP contribution in [-0.2, 0) is 11.8 Å². The highest BCUT2D eigenvalue weighted by Crippen LogP contribution is 2.21. The van der Waals surface area contributed by atoms with Crippen LogP contribution in [0.1, 0.15) is 11.7 Å². The molecule has 0 aliphatic carbocycles. The van der Waals surface area contributed by atoms with Gasteiger partial charge in [-0.05, 0) is 0 Å². The first-order chi connectivity index (χ1) is 7.31. The Bertz CT molecular complexity index is 333. The molecule has 0 aromatic carbocycles. The van der Waals surface area contributed by atoms with Crippen molar-refractivity contribution in [3.63, 3.8) is 0 Å². The van der Waals surface area contributed by atoms with Crippen LogP contribution in [0.3, 0.4) is 0 Å². The van der Waals surface area contributed by atoms with Crippen molar-refractivity contribution in [3.05, 3.63) is 16.9 Å². The number of rotatable bonds is 4. The maximum absolute atomic E-state index is 11.8. The fraction of sp³-hybridized carbons (Fsp3) is 0.625. The summed E-state index contributed by atoms with van der Waals surface area (Å²) in [5, 5.41) is 4.13. The van der Waals surface area contributed by atoms with Gasteiger partial charge in [0, 0.05) is 7.05 Å². The Hall–Kier alpha value is -0.790. The fourth-order valence-corrected chi connectivity index (χ4v) is 1.52. The molecule has 1 rings (SSSR count). The van der Waals surface area contributed by atoms with Crippen molar-refractivity contribution in [1.82, 2.24) is 9.78 Å². The molecular weight excluding hydrogens is 247 g/mol. The molecule has 0 aliphatic heterocycles. The first-order valence-corrected chi connectivity index (χ1v) is 4.76. The molecule has 1 unspecified atom stereocenters. The zero-order chi connectivity index (χ0) is 12.3. The molecular formula is C8H11ClF3N3O. The maximum atomic E-state index is 11.8. The second-order valence-corrected chi connectivity index (χ2v) is 3.65. The second kappa shape index (κ2) is 5.03.